The van der Waals surface area contributed by atoms with E-state index in [4.69, 9.17) is 19.9 Å². The smallest absolute Gasteiger partial charge is 0.306 e. The molecule has 240 valence electrons. The molecule has 1 spiro atoms. The summed E-state index contributed by atoms with van der Waals surface area (Å²) in [6.45, 7) is 6.88. The van der Waals surface area contributed by atoms with Crippen LogP contribution in [0.2, 0.25) is 0 Å². The molecule has 2 fully saturated rings. The van der Waals surface area contributed by atoms with Gasteiger partial charge in [0.25, 0.3) is 0 Å². The van der Waals surface area contributed by atoms with E-state index >= 15 is 0 Å². The van der Waals surface area contributed by atoms with E-state index in [-0.39, 0.29) is 30.8 Å². The van der Waals surface area contributed by atoms with E-state index in [1.165, 1.54) is 0 Å². The van der Waals surface area contributed by atoms with Gasteiger partial charge >= 0.3 is 5.97 Å². The van der Waals surface area contributed by atoms with Crippen molar-refractivity contribution in [3.05, 3.63) is 77.7 Å². The molecule has 2 aliphatic rings. The molecule has 3 N–H and O–H groups in total. The van der Waals surface area contributed by atoms with Crippen molar-refractivity contribution in [2.75, 3.05) is 26.2 Å². The van der Waals surface area contributed by atoms with Crippen LogP contribution in [-0.4, -0.2) is 76.4 Å². The first-order chi connectivity index (χ1) is 21.8. The van der Waals surface area contributed by atoms with Crippen molar-refractivity contribution >= 4 is 17.8 Å². The number of oxazole rings is 1. The van der Waals surface area contributed by atoms with Crippen LogP contribution in [0.4, 0.5) is 0 Å². The van der Waals surface area contributed by atoms with Crippen LogP contribution in [0.15, 0.2) is 65.1 Å². The van der Waals surface area contributed by atoms with Crippen molar-refractivity contribution in [2.45, 2.75) is 83.0 Å². The van der Waals surface area contributed by atoms with Gasteiger partial charge in [0.1, 0.15) is 23.9 Å². The normalized spacial score (nSPS) is 19.0. The number of amides is 2. The second-order valence-electron chi connectivity index (χ2n) is 12.2. The van der Waals surface area contributed by atoms with Crippen LogP contribution in [0.25, 0.3) is 11.5 Å². The molecular formula is C35H45N5O5. The van der Waals surface area contributed by atoms with Crippen molar-refractivity contribution < 1.29 is 23.5 Å². The number of ether oxygens (including phenoxy) is 1. The Kier molecular flexibility index (Phi) is 10.7. The van der Waals surface area contributed by atoms with E-state index in [1.54, 1.807) is 4.90 Å². The number of rotatable bonds is 13. The Morgan fingerprint density at radius 2 is 1.78 bits per heavy atom. The van der Waals surface area contributed by atoms with Crippen molar-refractivity contribution in [1.29, 1.82) is 0 Å². The molecule has 2 atom stereocenters. The quantitative estimate of drug-likeness (QED) is 0.276. The largest absolute Gasteiger partial charge is 0.461 e. The molecule has 2 saturated heterocycles. The Labute approximate surface area is 265 Å². The lowest BCUT2D eigenvalue weighted by Gasteiger charge is -2.52. The third-order valence-electron chi connectivity index (χ3n) is 9.06. The molecule has 10 nitrogen and oxygen atoms in total. The van der Waals surface area contributed by atoms with E-state index in [9.17, 15) is 14.4 Å². The maximum absolute atomic E-state index is 13.8. The molecule has 3 heterocycles. The molecule has 2 aromatic carbocycles. The van der Waals surface area contributed by atoms with Gasteiger partial charge in [0.05, 0.1) is 5.69 Å². The molecule has 0 aliphatic carbocycles. The van der Waals surface area contributed by atoms with E-state index < -0.39 is 17.6 Å². The van der Waals surface area contributed by atoms with E-state index in [0.717, 1.165) is 42.0 Å². The number of aromatic nitrogens is 1. The van der Waals surface area contributed by atoms with Crippen LogP contribution in [0.5, 0.6) is 0 Å². The molecule has 45 heavy (non-hydrogen) atoms. The molecule has 5 rings (SSSR count). The van der Waals surface area contributed by atoms with Gasteiger partial charge in [-0.1, -0.05) is 55.5 Å². The van der Waals surface area contributed by atoms with Gasteiger partial charge in [-0.3, -0.25) is 14.4 Å². The van der Waals surface area contributed by atoms with Gasteiger partial charge in [0.2, 0.25) is 17.7 Å². The molecule has 1 unspecified atom stereocenters. The number of nitrogens with zero attached hydrogens (tertiary/aromatic N) is 3. The summed E-state index contributed by atoms with van der Waals surface area (Å²) in [7, 11) is 0. The number of hydrogen-bond donors (Lipinski definition) is 2. The van der Waals surface area contributed by atoms with Crippen LogP contribution in [-0.2, 0) is 32.1 Å². The highest BCUT2D eigenvalue weighted by atomic mass is 16.5. The first-order valence-corrected chi connectivity index (χ1v) is 16.1. The summed E-state index contributed by atoms with van der Waals surface area (Å²) in [6.07, 6.45) is 3.71. The zero-order valence-corrected chi connectivity index (χ0v) is 26.4. The lowest BCUT2D eigenvalue weighted by Crippen LogP contribution is -2.75. The Morgan fingerprint density at radius 3 is 2.47 bits per heavy atom. The van der Waals surface area contributed by atoms with Crippen molar-refractivity contribution in [1.82, 2.24) is 20.1 Å². The average Bonchev–Trinajstić information content (AvgIpc) is 3.44. The summed E-state index contributed by atoms with van der Waals surface area (Å²) < 4.78 is 11.3. The second-order valence-corrected chi connectivity index (χ2v) is 12.2. The van der Waals surface area contributed by atoms with Crippen LogP contribution in [0.1, 0.15) is 62.5 Å². The highest BCUT2D eigenvalue weighted by molar-refractivity contribution is 6.00. The van der Waals surface area contributed by atoms with E-state index in [0.29, 0.717) is 51.2 Å². The zero-order chi connectivity index (χ0) is 31.8. The molecule has 0 saturated carbocycles. The van der Waals surface area contributed by atoms with Gasteiger partial charge in [0, 0.05) is 50.6 Å². The fourth-order valence-electron chi connectivity index (χ4n) is 6.41. The number of carbonyl (C=O) groups is 3. The maximum atomic E-state index is 13.8. The third kappa shape index (κ3) is 7.62. The van der Waals surface area contributed by atoms with E-state index in [2.05, 4.69) is 10.2 Å². The monoisotopic (exact) mass is 615 g/mol. The number of hydrogen-bond acceptors (Lipinski definition) is 8. The number of piperazine rings is 1. The zero-order valence-electron chi connectivity index (χ0n) is 26.4. The predicted octanol–water partition coefficient (Wildman–Crippen LogP) is 4.01. The number of benzene rings is 2. The number of piperidine rings is 1. The minimum absolute atomic E-state index is 0.127. The van der Waals surface area contributed by atoms with Gasteiger partial charge in [-0.05, 0) is 56.7 Å². The van der Waals surface area contributed by atoms with Crippen molar-refractivity contribution in [2.24, 2.45) is 5.73 Å². The van der Waals surface area contributed by atoms with Crippen molar-refractivity contribution in [3.8, 4) is 11.5 Å². The van der Waals surface area contributed by atoms with Gasteiger partial charge in [-0.25, -0.2) is 4.98 Å². The minimum atomic E-state index is -0.870. The molecule has 2 aliphatic heterocycles. The highest BCUT2D eigenvalue weighted by Crippen LogP contribution is 2.34. The average molecular weight is 616 g/mol. The molecule has 0 radical (unpaired) electrons. The van der Waals surface area contributed by atoms with Crippen LogP contribution >= 0.6 is 0 Å². The number of nitrogens with two attached hydrogens (primary N) is 1. The Morgan fingerprint density at radius 1 is 1.09 bits per heavy atom. The van der Waals surface area contributed by atoms with Gasteiger partial charge in [0.15, 0.2) is 0 Å². The van der Waals surface area contributed by atoms with Gasteiger partial charge < -0.3 is 30.0 Å². The Bertz CT molecular complexity index is 1440. The Balaban J connectivity index is 1.12. The molecule has 1 aromatic heterocycles. The van der Waals surface area contributed by atoms with Crippen LogP contribution in [0.3, 0.4) is 0 Å². The lowest BCUT2D eigenvalue weighted by molar-refractivity contribution is -0.162. The highest BCUT2D eigenvalue weighted by Gasteiger charge is 2.54. The number of aryl methyl sites for hydroxylation is 1. The first-order valence-electron chi connectivity index (χ1n) is 16.1. The lowest BCUT2D eigenvalue weighted by atomic mass is 9.80. The van der Waals surface area contributed by atoms with E-state index in [1.807, 2.05) is 74.5 Å². The second kappa shape index (κ2) is 14.8. The third-order valence-corrected chi connectivity index (χ3v) is 9.06. The predicted molar refractivity (Wildman–Crippen MR) is 171 cm³/mol. The molecule has 3 aromatic rings. The Hall–Kier alpha value is -4.02. The molecule has 10 heteroatoms. The first kappa shape index (κ1) is 32.4. The number of carbonyl (C=O) groups excluding carboxylic acids is 3. The van der Waals surface area contributed by atoms with Gasteiger partial charge in [-0.2, -0.15) is 0 Å². The number of esters is 1. The molecule has 0 bridgehead atoms. The summed E-state index contributed by atoms with van der Waals surface area (Å²) in [5.74, 6) is 0.886. The summed E-state index contributed by atoms with van der Waals surface area (Å²) >= 11 is 0. The van der Waals surface area contributed by atoms with Crippen LogP contribution < -0.4 is 11.1 Å². The summed E-state index contributed by atoms with van der Waals surface area (Å²) in [5, 5.41) is 2.99. The maximum Gasteiger partial charge on any atom is 0.306 e. The summed E-state index contributed by atoms with van der Waals surface area (Å²) in [5.41, 5.74) is 8.41. The summed E-state index contributed by atoms with van der Waals surface area (Å²) in [4.78, 5) is 48.6. The summed E-state index contributed by atoms with van der Waals surface area (Å²) in [6, 6.07) is 18.0. The molecular weight excluding hydrogens is 570 g/mol. The van der Waals surface area contributed by atoms with Crippen molar-refractivity contribution in [3.63, 3.8) is 0 Å². The SMILES string of the molecule is CCCN1C(=O)[C@H](C(N)CCCC(=O)OCc2ccccc2)NC(=O)C12CCN(CCc1nc(-c3ccccc3)oc1C)CC2. The number of nitrogens with one attached hydrogen (secondary N) is 1. The van der Waals surface area contributed by atoms with Crippen LogP contribution in [0, 0.1) is 6.92 Å². The number of likely N-dealkylation sites (tertiary alicyclic amines) is 1. The topological polar surface area (TPSA) is 131 Å². The fraction of sp³-hybridized carbons (Fsp3) is 0.486. The van der Waals surface area contributed by atoms with Gasteiger partial charge in [-0.15, -0.1) is 0 Å². The standard InChI is InChI=1S/C35H45N5O5/c1-3-20-40-33(42)31(28(36)15-10-16-30(41)44-24-26-11-6-4-7-12-26)38-34(43)35(40)18-22-39(23-19-35)21-17-29-25(2)45-32(37-29)27-13-8-5-9-14-27/h4-9,11-14,28,31H,3,10,15-24,36H2,1-2H3,(H,38,43)/t28?,31-/m0/s1. The fourth-order valence-corrected chi connectivity index (χ4v) is 6.41. The molecule has 2 amide bonds. The minimum Gasteiger partial charge on any atom is -0.461 e.